The lowest BCUT2D eigenvalue weighted by Crippen LogP contribution is -2.36. The van der Waals surface area contributed by atoms with E-state index < -0.39 is 5.97 Å². The molecule has 0 bridgehead atoms. The molecule has 0 aliphatic carbocycles. The van der Waals surface area contributed by atoms with E-state index in [1.807, 2.05) is 13.8 Å². The smallest absolute Gasteiger partial charge is 0.314 e. The highest BCUT2D eigenvalue weighted by molar-refractivity contribution is 5.73. The summed E-state index contributed by atoms with van der Waals surface area (Å²) in [4.78, 5) is 21.6. The average Bonchev–Trinajstić information content (AvgIpc) is 2.32. The second kappa shape index (κ2) is 11.8. The Balaban J connectivity index is 3.23. The van der Waals surface area contributed by atoms with Crippen molar-refractivity contribution in [1.82, 2.24) is 10.6 Å². The molecule has 0 fully saturated rings. The van der Waals surface area contributed by atoms with Crippen molar-refractivity contribution in [3.8, 4) is 0 Å². The maximum atomic E-state index is 11.3. The van der Waals surface area contributed by atoms with Gasteiger partial charge >= 0.3 is 12.0 Å². The number of nitrogens with one attached hydrogen (secondary N) is 2. The lowest BCUT2D eigenvalue weighted by molar-refractivity contribution is -0.137. The van der Waals surface area contributed by atoms with Crippen molar-refractivity contribution < 1.29 is 19.4 Å². The Hall–Kier alpha value is -1.30. The molecule has 0 rings (SSSR count). The van der Waals surface area contributed by atoms with Gasteiger partial charge in [0.15, 0.2) is 0 Å². The van der Waals surface area contributed by atoms with Gasteiger partial charge in [-0.15, -0.1) is 0 Å². The molecule has 0 aromatic rings. The van der Waals surface area contributed by atoms with Gasteiger partial charge in [-0.05, 0) is 39.5 Å². The molecule has 6 nitrogen and oxygen atoms in total. The van der Waals surface area contributed by atoms with Crippen LogP contribution in [0, 0.1) is 0 Å². The first-order chi connectivity index (χ1) is 9.02. The van der Waals surface area contributed by atoms with Gasteiger partial charge < -0.3 is 20.5 Å². The van der Waals surface area contributed by atoms with Gasteiger partial charge in [0.1, 0.15) is 0 Å². The van der Waals surface area contributed by atoms with Gasteiger partial charge in [0, 0.05) is 26.1 Å². The van der Waals surface area contributed by atoms with Crippen molar-refractivity contribution in [3.05, 3.63) is 0 Å². The van der Waals surface area contributed by atoms with Crippen LogP contribution in [0.4, 0.5) is 4.79 Å². The third-order valence-electron chi connectivity index (χ3n) is 2.41. The van der Waals surface area contributed by atoms with Crippen LogP contribution in [0.5, 0.6) is 0 Å². The van der Waals surface area contributed by atoms with Gasteiger partial charge in [-0.25, -0.2) is 4.79 Å². The fourth-order valence-corrected chi connectivity index (χ4v) is 1.41. The van der Waals surface area contributed by atoms with Crippen LogP contribution >= 0.6 is 0 Å². The molecule has 0 aromatic carbocycles. The second-order valence-corrected chi connectivity index (χ2v) is 4.66. The number of carboxylic acid groups (broad SMARTS) is 1. The van der Waals surface area contributed by atoms with Crippen LogP contribution in [0.2, 0.25) is 0 Å². The number of carbonyl (C=O) groups is 2. The van der Waals surface area contributed by atoms with Crippen molar-refractivity contribution in [3.63, 3.8) is 0 Å². The molecule has 0 aliphatic heterocycles. The second-order valence-electron chi connectivity index (χ2n) is 4.66. The third kappa shape index (κ3) is 14.6. The molecule has 0 radical (unpaired) electrons. The van der Waals surface area contributed by atoms with Crippen molar-refractivity contribution in [1.29, 1.82) is 0 Å². The minimum atomic E-state index is -0.798. The monoisotopic (exact) mass is 274 g/mol. The zero-order valence-corrected chi connectivity index (χ0v) is 11.9. The quantitative estimate of drug-likeness (QED) is 0.501. The summed E-state index contributed by atoms with van der Waals surface area (Å²) in [6.45, 7) is 5.85. The van der Waals surface area contributed by atoms with Crippen molar-refractivity contribution in [2.24, 2.45) is 0 Å². The van der Waals surface area contributed by atoms with Crippen LogP contribution in [0.3, 0.4) is 0 Å². The average molecular weight is 274 g/mol. The Morgan fingerprint density at radius 1 is 1.05 bits per heavy atom. The molecule has 0 aliphatic rings. The maximum Gasteiger partial charge on any atom is 0.314 e. The highest BCUT2D eigenvalue weighted by Gasteiger charge is 2.00. The first-order valence-corrected chi connectivity index (χ1v) is 6.87. The fourth-order valence-electron chi connectivity index (χ4n) is 1.41. The van der Waals surface area contributed by atoms with Gasteiger partial charge in [-0.1, -0.05) is 0 Å². The molecular weight excluding hydrogens is 248 g/mol. The van der Waals surface area contributed by atoms with Crippen LogP contribution in [0.1, 0.15) is 46.0 Å². The molecule has 0 unspecified atom stereocenters. The SMILES string of the molecule is CC(C)OCCCCNC(=O)NCCCCC(=O)O. The number of urea groups is 1. The van der Waals surface area contributed by atoms with Crippen LogP contribution in [0.15, 0.2) is 0 Å². The summed E-state index contributed by atoms with van der Waals surface area (Å²) < 4.78 is 5.38. The van der Waals surface area contributed by atoms with Crippen molar-refractivity contribution in [2.75, 3.05) is 19.7 Å². The summed E-state index contributed by atoms with van der Waals surface area (Å²) in [7, 11) is 0. The summed E-state index contributed by atoms with van der Waals surface area (Å²) in [6.07, 6.45) is 3.49. The van der Waals surface area contributed by atoms with E-state index in [2.05, 4.69) is 10.6 Å². The Kier molecular flexibility index (Phi) is 11.0. The molecule has 0 atom stereocenters. The largest absolute Gasteiger partial charge is 0.481 e. The molecule has 2 amide bonds. The Morgan fingerprint density at radius 3 is 2.16 bits per heavy atom. The summed E-state index contributed by atoms with van der Waals surface area (Å²) in [5.74, 6) is -0.798. The van der Waals surface area contributed by atoms with Gasteiger partial charge in [0.05, 0.1) is 6.10 Å². The number of hydrogen-bond donors (Lipinski definition) is 3. The van der Waals surface area contributed by atoms with Gasteiger partial charge in [-0.2, -0.15) is 0 Å². The molecule has 0 spiro atoms. The van der Waals surface area contributed by atoms with E-state index in [0.717, 1.165) is 19.4 Å². The predicted molar refractivity (Wildman–Crippen MR) is 73.2 cm³/mol. The topological polar surface area (TPSA) is 87.7 Å². The van der Waals surface area contributed by atoms with Crippen LogP contribution in [-0.2, 0) is 9.53 Å². The predicted octanol–water partition coefficient (Wildman–Crippen LogP) is 1.75. The third-order valence-corrected chi connectivity index (χ3v) is 2.41. The lowest BCUT2D eigenvalue weighted by Gasteiger charge is -2.08. The molecule has 0 saturated carbocycles. The van der Waals surface area contributed by atoms with E-state index >= 15 is 0 Å². The highest BCUT2D eigenvalue weighted by Crippen LogP contribution is 1.94. The van der Waals surface area contributed by atoms with Crippen molar-refractivity contribution in [2.45, 2.75) is 52.1 Å². The molecule has 0 aromatic heterocycles. The minimum absolute atomic E-state index is 0.152. The van der Waals surface area contributed by atoms with Crippen LogP contribution in [-0.4, -0.2) is 42.9 Å². The normalized spacial score (nSPS) is 10.5. The number of ether oxygens (including phenoxy) is 1. The minimum Gasteiger partial charge on any atom is -0.481 e. The highest BCUT2D eigenvalue weighted by atomic mass is 16.5. The van der Waals surface area contributed by atoms with E-state index in [-0.39, 0.29) is 18.6 Å². The standard InChI is InChI=1S/C13H26N2O4/c1-11(2)19-10-6-5-9-15-13(18)14-8-4-3-7-12(16)17/h11H,3-10H2,1-2H3,(H,16,17)(H2,14,15,18). The molecule has 6 heteroatoms. The number of carboxylic acids is 1. The fraction of sp³-hybridized carbons (Fsp3) is 0.846. The molecule has 0 heterocycles. The first kappa shape index (κ1) is 17.7. The van der Waals surface area contributed by atoms with E-state index in [4.69, 9.17) is 9.84 Å². The zero-order chi connectivity index (χ0) is 14.5. The molecule has 19 heavy (non-hydrogen) atoms. The Morgan fingerprint density at radius 2 is 1.63 bits per heavy atom. The molecule has 0 saturated heterocycles. The van der Waals surface area contributed by atoms with Gasteiger partial charge in [0.25, 0.3) is 0 Å². The number of aliphatic carboxylic acids is 1. The van der Waals surface area contributed by atoms with Gasteiger partial charge in [0.2, 0.25) is 0 Å². The summed E-state index contributed by atoms with van der Waals surface area (Å²) in [6, 6.07) is -0.194. The van der Waals surface area contributed by atoms with Crippen LogP contribution < -0.4 is 10.6 Å². The summed E-state index contributed by atoms with van der Waals surface area (Å²) in [5, 5.41) is 13.9. The number of rotatable bonds is 11. The molecule has 112 valence electrons. The number of unbranched alkanes of at least 4 members (excludes halogenated alkanes) is 2. The van der Waals surface area contributed by atoms with Crippen LogP contribution in [0.25, 0.3) is 0 Å². The van der Waals surface area contributed by atoms with Gasteiger partial charge in [-0.3, -0.25) is 4.79 Å². The number of hydrogen-bond acceptors (Lipinski definition) is 3. The molecule has 3 N–H and O–H groups in total. The van der Waals surface area contributed by atoms with E-state index in [1.165, 1.54) is 0 Å². The van der Waals surface area contributed by atoms with Crippen molar-refractivity contribution >= 4 is 12.0 Å². The zero-order valence-electron chi connectivity index (χ0n) is 11.9. The number of amides is 2. The first-order valence-electron chi connectivity index (χ1n) is 6.87. The lowest BCUT2D eigenvalue weighted by atomic mass is 10.2. The Labute approximate surface area is 114 Å². The Bertz CT molecular complexity index is 257. The maximum absolute atomic E-state index is 11.3. The summed E-state index contributed by atoms with van der Waals surface area (Å²) >= 11 is 0. The van der Waals surface area contributed by atoms with E-state index in [0.29, 0.717) is 25.9 Å². The summed E-state index contributed by atoms with van der Waals surface area (Å²) in [5.41, 5.74) is 0. The van der Waals surface area contributed by atoms with E-state index in [9.17, 15) is 9.59 Å². The molecular formula is C13H26N2O4. The van der Waals surface area contributed by atoms with E-state index in [1.54, 1.807) is 0 Å². The number of carbonyl (C=O) groups excluding carboxylic acids is 1.